The molecule has 0 saturated carbocycles. The van der Waals surface area contributed by atoms with Crippen LogP contribution in [0.25, 0.3) is 0 Å². The summed E-state index contributed by atoms with van der Waals surface area (Å²) in [5.41, 5.74) is 2.73. The maximum atomic E-state index is 12.9. The van der Waals surface area contributed by atoms with E-state index >= 15 is 0 Å². The molecular weight excluding hydrogens is 424 g/mol. The lowest BCUT2D eigenvalue weighted by molar-refractivity contribution is 0.0770. The molecule has 0 unspecified atom stereocenters. The van der Waals surface area contributed by atoms with Crippen LogP contribution in [0.4, 0.5) is 0 Å². The molecule has 0 saturated heterocycles. The van der Waals surface area contributed by atoms with Gasteiger partial charge in [0.05, 0.1) is 22.3 Å². The number of aromatic nitrogens is 3. The van der Waals surface area contributed by atoms with Gasteiger partial charge in [0.25, 0.3) is 5.91 Å². The average Bonchev–Trinajstić information content (AvgIpc) is 3.22. The largest absolute Gasteiger partial charge is 0.488 e. The maximum Gasteiger partial charge on any atom is 0.276 e. The van der Waals surface area contributed by atoms with Crippen LogP contribution in [0.2, 0.25) is 0 Å². The van der Waals surface area contributed by atoms with E-state index in [0.29, 0.717) is 17.9 Å². The molecule has 3 aromatic rings. The van der Waals surface area contributed by atoms with E-state index in [0.717, 1.165) is 28.0 Å². The number of benzene rings is 1. The maximum absolute atomic E-state index is 12.9. The first-order valence-corrected chi connectivity index (χ1v) is 9.80. The summed E-state index contributed by atoms with van der Waals surface area (Å²) >= 11 is 3.49. The summed E-state index contributed by atoms with van der Waals surface area (Å²) < 4.78 is 13.9. The molecule has 0 N–H and O–H groups in total. The van der Waals surface area contributed by atoms with Crippen molar-refractivity contribution in [1.82, 2.24) is 19.8 Å². The summed E-state index contributed by atoms with van der Waals surface area (Å²) in [6.07, 6.45) is 1.90. The second kappa shape index (κ2) is 8.60. The number of ether oxygens (including phenoxy) is 1. The van der Waals surface area contributed by atoms with Crippen LogP contribution in [0.5, 0.6) is 5.75 Å². The first kappa shape index (κ1) is 20.1. The van der Waals surface area contributed by atoms with Crippen molar-refractivity contribution in [2.45, 2.75) is 40.5 Å². The normalized spacial score (nSPS) is 10.9. The molecule has 148 valence electrons. The Bertz CT molecular complexity index is 980. The molecule has 0 spiro atoms. The van der Waals surface area contributed by atoms with Crippen LogP contribution in [0.3, 0.4) is 0 Å². The quantitative estimate of drug-likeness (QED) is 0.545. The molecule has 0 aliphatic heterocycles. The molecule has 1 amide bonds. The second-order valence-electron chi connectivity index (χ2n) is 6.56. The fourth-order valence-corrected chi connectivity index (χ4v) is 3.22. The standard InChI is InChI=1S/C20H23BrN4O3/c1-5-25-10-16(21)17(22-25)11-24(4)20(26)19-15(14(3)28-23-19)12-27-18-9-7-6-8-13(18)2/h6-10H,5,11-12H2,1-4H3. The van der Waals surface area contributed by atoms with Gasteiger partial charge in [0.2, 0.25) is 0 Å². The minimum Gasteiger partial charge on any atom is -0.488 e. The fourth-order valence-electron chi connectivity index (χ4n) is 2.78. The second-order valence-corrected chi connectivity index (χ2v) is 7.42. The number of amides is 1. The Labute approximate surface area is 172 Å². The minimum atomic E-state index is -0.238. The van der Waals surface area contributed by atoms with Crippen LogP contribution in [0.15, 0.2) is 39.5 Å². The van der Waals surface area contributed by atoms with Crippen molar-refractivity contribution in [2.75, 3.05) is 7.05 Å². The minimum absolute atomic E-state index is 0.212. The smallest absolute Gasteiger partial charge is 0.276 e. The lowest BCUT2D eigenvalue weighted by Crippen LogP contribution is -2.28. The van der Waals surface area contributed by atoms with Gasteiger partial charge in [-0.2, -0.15) is 5.10 Å². The van der Waals surface area contributed by atoms with Crippen LogP contribution in [0, 0.1) is 13.8 Å². The Kier molecular flexibility index (Phi) is 6.18. The summed E-state index contributed by atoms with van der Waals surface area (Å²) in [5, 5.41) is 8.44. The number of nitrogens with zero attached hydrogens (tertiary/aromatic N) is 4. The number of rotatable bonds is 7. The number of aryl methyl sites for hydroxylation is 3. The van der Waals surface area contributed by atoms with E-state index < -0.39 is 0 Å². The molecule has 0 atom stereocenters. The summed E-state index contributed by atoms with van der Waals surface area (Å²) in [4.78, 5) is 14.5. The summed E-state index contributed by atoms with van der Waals surface area (Å²) in [6, 6.07) is 7.74. The van der Waals surface area contributed by atoms with Gasteiger partial charge in [-0.1, -0.05) is 23.4 Å². The Morgan fingerprint density at radius 3 is 2.75 bits per heavy atom. The van der Waals surface area contributed by atoms with Gasteiger partial charge in [0.1, 0.15) is 18.1 Å². The van der Waals surface area contributed by atoms with Gasteiger partial charge in [-0.05, 0) is 48.3 Å². The SMILES string of the molecule is CCn1cc(Br)c(CN(C)C(=O)c2noc(C)c2COc2ccccc2C)n1. The van der Waals surface area contributed by atoms with Gasteiger partial charge in [0.15, 0.2) is 5.69 Å². The van der Waals surface area contributed by atoms with Crippen molar-refractivity contribution >= 4 is 21.8 Å². The predicted octanol–water partition coefficient (Wildman–Crippen LogP) is 4.12. The number of carbonyl (C=O) groups excluding carboxylic acids is 1. The fraction of sp³-hybridized carbons (Fsp3) is 0.350. The van der Waals surface area contributed by atoms with E-state index in [4.69, 9.17) is 9.26 Å². The van der Waals surface area contributed by atoms with E-state index in [2.05, 4.69) is 26.2 Å². The van der Waals surface area contributed by atoms with Crippen molar-refractivity contribution in [3.05, 3.63) is 63.2 Å². The van der Waals surface area contributed by atoms with Gasteiger partial charge in [-0.3, -0.25) is 9.48 Å². The number of hydrogen-bond donors (Lipinski definition) is 0. The van der Waals surface area contributed by atoms with Crippen LogP contribution < -0.4 is 4.74 Å². The Balaban J connectivity index is 1.75. The topological polar surface area (TPSA) is 73.4 Å². The van der Waals surface area contributed by atoms with Crippen LogP contribution in [-0.2, 0) is 19.7 Å². The molecule has 1 aromatic carbocycles. The van der Waals surface area contributed by atoms with Crippen molar-refractivity contribution < 1.29 is 14.1 Å². The molecule has 0 radical (unpaired) electrons. The van der Waals surface area contributed by atoms with Gasteiger partial charge in [-0.25, -0.2) is 0 Å². The third-order valence-electron chi connectivity index (χ3n) is 4.50. The van der Waals surface area contributed by atoms with E-state index in [1.165, 1.54) is 0 Å². The molecule has 7 nitrogen and oxygen atoms in total. The highest BCUT2D eigenvalue weighted by Crippen LogP contribution is 2.22. The van der Waals surface area contributed by atoms with E-state index in [9.17, 15) is 4.79 Å². The van der Waals surface area contributed by atoms with Crippen molar-refractivity contribution in [3.63, 3.8) is 0 Å². The molecule has 8 heteroatoms. The lowest BCUT2D eigenvalue weighted by Gasteiger charge is -2.16. The molecule has 0 aliphatic carbocycles. The summed E-state index contributed by atoms with van der Waals surface area (Å²) in [5.74, 6) is 1.10. The first-order valence-electron chi connectivity index (χ1n) is 9.01. The zero-order chi connectivity index (χ0) is 20.3. The molecule has 0 fully saturated rings. The van der Waals surface area contributed by atoms with E-state index in [1.807, 2.05) is 49.0 Å². The third-order valence-corrected chi connectivity index (χ3v) is 5.16. The van der Waals surface area contributed by atoms with Crippen molar-refractivity contribution in [2.24, 2.45) is 0 Å². The molecule has 2 aromatic heterocycles. The summed E-state index contributed by atoms with van der Waals surface area (Å²) in [6.45, 7) is 7.10. The van der Waals surface area contributed by atoms with Crippen LogP contribution in [-0.4, -0.2) is 32.8 Å². The van der Waals surface area contributed by atoms with E-state index in [-0.39, 0.29) is 18.2 Å². The highest BCUT2D eigenvalue weighted by atomic mass is 79.9. The van der Waals surface area contributed by atoms with E-state index in [1.54, 1.807) is 18.9 Å². The van der Waals surface area contributed by atoms with Gasteiger partial charge < -0.3 is 14.2 Å². The molecular formula is C20H23BrN4O3. The van der Waals surface area contributed by atoms with Gasteiger partial charge in [0, 0.05) is 19.8 Å². The molecule has 3 rings (SSSR count). The number of halogens is 1. The van der Waals surface area contributed by atoms with Gasteiger partial charge in [-0.15, -0.1) is 0 Å². The Morgan fingerprint density at radius 1 is 1.32 bits per heavy atom. The zero-order valence-electron chi connectivity index (χ0n) is 16.4. The first-order chi connectivity index (χ1) is 13.4. The van der Waals surface area contributed by atoms with Gasteiger partial charge >= 0.3 is 0 Å². The number of carbonyl (C=O) groups is 1. The zero-order valence-corrected chi connectivity index (χ0v) is 18.0. The number of hydrogen-bond acceptors (Lipinski definition) is 5. The molecule has 0 bridgehead atoms. The Morgan fingerprint density at radius 2 is 2.07 bits per heavy atom. The molecule has 28 heavy (non-hydrogen) atoms. The highest BCUT2D eigenvalue weighted by Gasteiger charge is 2.24. The molecule has 2 heterocycles. The van der Waals surface area contributed by atoms with Crippen LogP contribution in [0.1, 0.15) is 40.0 Å². The summed E-state index contributed by atoms with van der Waals surface area (Å²) in [7, 11) is 1.72. The predicted molar refractivity (Wildman–Crippen MR) is 108 cm³/mol. The highest BCUT2D eigenvalue weighted by molar-refractivity contribution is 9.10. The van der Waals surface area contributed by atoms with Crippen molar-refractivity contribution in [3.8, 4) is 5.75 Å². The van der Waals surface area contributed by atoms with Crippen LogP contribution >= 0.6 is 15.9 Å². The molecule has 0 aliphatic rings. The average molecular weight is 447 g/mol. The third kappa shape index (κ3) is 4.27. The lowest BCUT2D eigenvalue weighted by atomic mass is 10.2. The Hall–Kier alpha value is -2.61. The van der Waals surface area contributed by atoms with Crippen molar-refractivity contribution in [1.29, 1.82) is 0 Å². The monoisotopic (exact) mass is 446 g/mol. The number of para-hydroxylation sites is 1.